The van der Waals surface area contributed by atoms with E-state index in [2.05, 4.69) is 0 Å². The van der Waals surface area contributed by atoms with Crippen LogP contribution in [0.25, 0.3) is 6.08 Å². The van der Waals surface area contributed by atoms with Crippen LogP contribution in [-0.4, -0.2) is 6.29 Å². The molecular weight excluding hydrogens is 162 g/mol. The molecule has 0 amide bonds. The fourth-order valence-corrected chi connectivity index (χ4v) is 1.09. The number of allylic oxidation sites excluding steroid dienone is 1. The summed E-state index contributed by atoms with van der Waals surface area (Å²) in [6, 6.07) is 5.74. The number of nitrogen functional groups attached to an aromatic ring is 1. The van der Waals surface area contributed by atoms with Crippen LogP contribution in [-0.2, 0) is 4.79 Å². The maximum atomic E-state index is 10.1. The fourth-order valence-electron chi connectivity index (χ4n) is 1.09. The van der Waals surface area contributed by atoms with Crippen molar-refractivity contribution in [3.05, 3.63) is 35.4 Å². The topological polar surface area (TPSA) is 43.1 Å². The Morgan fingerprint density at radius 3 is 2.92 bits per heavy atom. The summed E-state index contributed by atoms with van der Waals surface area (Å²) in [5, 5.41) is 0. The van der Waals surface area contributed by atoms with Gasteiger partial charge in [-0.15, -0.1) is 0 Å². The molecule has 0 bridgehead atoms. The summed E-state index contributed by atoms with van der Waals surface area (Å²) in [7, 11) is 0. The molecule has 2 nitrogen and oxygen atoms in total. The summed E-state index contributed by atoms with van der Waals surface area (Å²) in [5.74, 6) is 0. The van der Waals surface area contributed by atoms with Crippen molar-refractivity contribution in [2.45, 2.75) is 13.3 Å². The highest BCUT2D eigenvalue weighted by molar-refractivity contribution is 5.62. The maximum absolute atomic E-state index is 10.1. The van der Waals surface area contributed by atoms with Gasteiger partial charge >= 0.3 is 0 Å². The van der Waals surface area contributed by atoms with Gasteiger partial charge in [-0.2, -0.15) is 0 Å². The number of aryl methyl sites for hydroxylation is 1. The molecule has 13 heavy (non-hydrogen) atoms. The lowest BCUT2D eigenvalue weighted by Crippen LogP contribution is -1.87. The third-order valence-electron chi connectivity index (χ3n) is 1.83. The first-order valence-corrected chi connectivity index (χ1v) is 4.20. The quantitative estimate of drug-likeness (QED) is 0.565. The Bertz CT molecular complexity index is 329. The van der Waals surface area contributed by atoms with E-state index in [0.29, 0.717) is 6.42 Å². The van der Waals surface area contributed by atoms with E-state index < -0.39 is 0 Å². The van der Waals surface area contributed by atoms with Crippen LogP contribution in [0.1, 0.15) is 17.5 Å². The summed E-state index contributed by atoms with van der Waals surface area (Å²) in [4.78, 5) is 10.1. The number of hydrogen-bond acceptors (Lipinski definition) is 2. The van der Waals surface area contributed by atoms with Crippen molar-refractivity contribution in [1.29, 1.82) is 0 Å². The van der Waals surface area contributed by atoms with Crippen molar-refractivity contribution < 1.29 is 4.79 Å². The lowest BCUT2D eigenvalue weighted by Gasteiger charge is -2.00. The molecule has 2 N–H and O–H groups in total. The van der Waals surface area contributed by atoms with Gasteiger partial charge in [-0.05, 0) is 30.2 Å². The zero-order valence-electron chi connectivity index (χ0n) is 7.66. The molecule has 0 unspecified atom stereocenters. The minimum absolute atomic E-state index is 0.453. The molecule has 0 aliphatic rings. The highest BCUT2D eigenvalue weighted by Gasteiger charge is 1.93. The van der Waals surface area contributed by atoms with E-state index >= 15 is 0 Å². The normalized spacial score (nSPS) is 10.5. The Morgan fingerprint density at radius 2 is 2.23 bits per heavy atom. The first-order chi connectivity index (χ1) is 6.24. The molecule has 2 heteroatoms. The van der Waals surface area contributed by atoms with Crippen molar-refractivity contribution in [2.75, 3.05) is 5.73 Å². The third-order valence-corrected chi connectivity index (χ3v) is 1.83. The van der Waals surface area contributed by atoms with E-state index in [9.17, 15) is 4.79 Å². The van der Waals surface area contributed by atoms with Gasteiger partial charge in [0.05, 0.1) is 0 Å². The first-order valence-electron chi connectivity index (χ1n) is 4.20. The molecule has 0 atom stereocenters. The molecule has 0 aliphatic carbocycles. The summed E-state index contributed by atoms with van der Waals surface area (Å²) < 4.78 is 0. The van der Waals surface area contributed by atoms with Gasteiger partial charge in [0.15, 0.2) is 0 Å². The van der Waals surface area contributed by atoms with E-state index in [1.165, 1.54) is 0 Å². The molecule has 0 saturated carbocycles. The minimum Gasteiger partial charge on any atom is -0.399 e. The summed E-state index contributed by atoms with van der Waals surface area (Å²) in [6.45, 7) is 2.01. The number of hydrogen-bond donors (Lipinski definition) is 1. The van der Waals surface area contributed by atoms with Crippen LogP contribution in [0, 0.1) is 6.92 Å². The molecule has 1 aromatic carbocycles. The van der Waals surface area contributed by atoms with Crippen LogP contribution in [0.5, 0.6) is 0 Å². The van der Waals surface area contributed by atoms with Gasteiger partial charge in [-0.1, -0.05) is 18.2 Å². The minimum atomic E-state index is 0.453. The average Bonchev–Trinajstić information content (AvgIpc) is 2.11. The molecule has 0 spiro atoms. The van der Waals surface area contributed by atoms with Crippen molar-refractivity contribution in [3.63, 3.8) is 0 Å². The first kappa shape index (κ1) is 9.52. The largest absolute Gasteiger partial charge is 0.399 e. The van der Waals surface area contributed by atoms with E-state index in [4.69, 9.17) is 5.73 Å². The number of carbonyl (C=O) groups excluding carboxylic acids is 1. The maximum Gasteiger partial charge on any atom is 0.123 e. The average molecular weight is 175 g/mol. The number of rotatable bonds is 3. The Kier molecular flexibility index (Phi) is 3.26. The predicted molar refractivity (Wildman–Crippen MR) is 55.3 cm³/mol. The van der Waals surface area contributed by atoms with E-state index in [-0.39, 0.29) is 0 Å². The van der Waals surface area contributed by atoms with Crippen LogP contribution in [0.15, 0.2) is 24.3 Å². The predicted octanol–water partition coefficient (Wildman–Crippen LogP) is 2.18. The third kappa shape index (κ3) is 2.75. The highest BCUT2D eigenvalue weighted by Crippen LogP contribution is 2.14. The fraction of sp³-hybridized carbons (Fsp3) is 0.182. The zero-order valence-corrected chi connectivity index (χ0v) is 7.66. The summed E-state index contributed by atoms with van der Waals surface area (Å²) >= 11 is 0. The van der Waals surface area contributed by atoms with Gasteiger partial charge in [0.1, 0.15) is 6.29 Å². The monoisotopic (exact) mass is 175 g/mol. The van der Waals surface area contributed by atoms with Gasteiger partial charge < -0.3 is 10.5 Å². The lowest BCUT2D eigenvalue weighted by atomic mass is 10.1. The van der Waals surface area contributed by atoms with Crippen molar-refractivity contribution in [3.8, 4) is 0 Å². The molecule has 0 heterocycles. The van der Waals surface area contributed by atoms with Crippen LogP contribution in [0.4, 0.5) is 5.69 Å². The van der Waals surface area contributed by atoms with Crippen LogP contribution in [0.3, 0.4) is 0 Å². The Morgan fingerprint density at radius 1 is 1.46 bits per heavy atom. The van der Waals surface area contributed by atoms with Gasteiger partial charge in [-0.25, -0.2) is 0 Å². The van der Waals surface area contributed by atoms with Gasteiger partial charge in [0.2, 0.25) is 0 Å². The SMILES string of the molecule is Cc1ccc(N)cc1C=CCC=O. The molecule has 0 radical (unpaired) electrons. The molecular formula is C11H13NO. The number of nitrogens with two attached hydrogens (primary N) is 1. The van der Waals surface area contributed by atoms with Crippen molar-refractivity contribution >= 4 is 18.0 Å². The number of carbonyl (C=O) groups is 1. The van der Waals surface area contributed by atoms with Gasteiger partial charge in [-0.3, -0.25) is 0 Å². The second-order valence-corrected chi connectivity index (χ2v) is 2.92. The molecule has 1 rings (SSSR count). The second-order valence-electron chi connectivity index (χ2n) is 2.92. The second kappa shape index (κ2) is 4.45. The smallest absolute Gasteiger partial charge is 0.123 e. The van der Waals surface area contributed by atoms with Crippen LogP contribution >= 0.6 is 0 Å². The van der Waals surface area contributed by atoms with Crippen LogP contribution in [0.2, 0.25) is 0 Å². The molecule has 1 aromatic rings. The van der Waals surface area contributed by atoms with Crippen molar-refractivity contribution in [1.82, 2.24) is 0 Å². The van der Waals surface area contributed by atoms with E-state index in [1.807, 2.05) is 37.3 Å². The van der Waals surface area contributed by atoms with Gasteiger partial charge in [0, 0.05) is 12.1 Å². The molecule has 0 aromatic heterocycles. The van der Waals surface area contributed by atoms with E-state index in [0.717, 1.165) is 23.1 Å². The van der Waals surface area contributed by atoms with Gasteiger partial charge in [0.25, 0.3) is 0 Å². The summed E-state index contributed by atoms with van der Waals surface area (Å²) in [5.41, 5.74) is 8.61. The lowest BCUT2D eigenvalue weighted by molar-refractivity contribution is -0.107. The number of benzene rings is 1. The molecule has 68 valence electrons. The number of anilines is 1. The highest BCUT2D eigenvalue weighted by atomic mass is 16.1. The standard InChI is InChI=1S/C11H13NO/c1-9-5-6-11(12)8-10(9)4-2-3-7-13/h2,4-8H,3,12H2,1H3. The van der Waals surface area contributed by atoms with Crippen LogP contribution < -0.4 is 5.73 Å². The number of aldehydes is 1. The Labute approximate surface area is 78.1 Å². The molecule has 0 fully saturated rings. The zero-order chi connectivity index (χ0) is 9.68. The Balaban J connectivity index is 2.86. The Hall–Kier alpha value is -1.57. The van der Waals surface area contributed by atoms with Crippen molar-refractivity contribution in [2.24, 2.45) is 0 Å². The molecule has 0 aliphatic heterocycles. The molecule has 0 saturated heterocycles. The van der Waals surface area contributed by atoms with E-state index in [1.54, 1.807) is 0 Å². The summed E-state index contributed by atoms with van der Waals surface area (Å²) in [6.07, 6.45) is 5.07.